The number of rotatable bonds is 5. The smallest absolute Gasteiger partial charge is 0.131 e. The van der Waals surface area contributed by atoms with E-state index >= 15 is 0 Å². The molecule has 1 aliphatic carbocycles. The van der Waals surface area contributed by atoms with Gasteiger partial charge in [-0.3, -0.25) is 4.68 Å². The zero-order valence-electron chi connectivity index (χ0n) is 15.2. The van der Waals surface area contributed by atoms with Crippen LogP contribution in [0.4, 0.5) is 15.8 Å². The second-order valence-corrected chi connectivity index (χ2v) is 6.71. The van der Waals surface area contributed by atoms with Crippen LogP contribution in [0.3, 0.4) is 0 Å². The van der Waals surface area contributed by atoms with Gasteiger partial charge in [-0.15, -0.1) is 0 Å². The largest absolute Gasteiger partial charge is 0.486 e. The third kappa shape index (κ3) is 3.32. The van der Waals surface area contributed by atoms with E-state index in [-0.39, 0.29) is 0 Å². The fraction of sp³-hybridized carbons (Fsp3) is 0.190. The van der Waals surface area contributed by atoms with Crippen molar-refractivity contribution in [1.29, 1.82) is 10.7 Å². The number of ether oxygens (including phenoxy) is 1. The molecule has 0 radical (unpaired) electrons. The Balaban J connectivity index is 1.61. The molecule has 3 aromatic rings. The molecule has 1 atom stereocenters. The molecule has 6 nitrogen and oxygen atoms in total. The summed E-state index contributed by atoms with van der Waals surface area (Å²) < 4.78 is 22.3. The van der Waals surface area contributed by atoms with Gasteiger partial charge >= 0.3 is 0 Å². The summed E-state index contributed by atoms with van der Waals surface area (Å²) in [6.07, 6.45) is 5.70. The Labute approximate surface area is 161 Å². The second kappa shape index (κ2) is 7.16. The molecule has 0 saturated heterocycles. The normalized spacial score (nSPS) is 15.0. The molecule has 0 bridgehead atoms. The van der Waals surface area contributed by atoms with Gasteiger partial charge in [0.15, 0.2) is 0 Å². The van der Waals surface area contributed by atoms with E-state index in [0.717, 1.165) is 11.3 Å². The Morgan fingerprint density at radius 3 is 2.96 bits per heavy atom. The number of nitrogens with zero attached hydrogens (tertiary/aromatic N) is 3. The first-order valence-corrected chi connectivity index (χ1v) is 8.86. The third-order valence-electron chi connectivity index (χ3n) is 4.78. The number of hydrogen-bond acceptors (Lipinski definition) is 5. The van der Waals surface area contributed by atoms with Crippen molar-refractivity contribution < 1.29 is 9.13 Å². The van der Waals surface area contributed by atoms with Crippen LogP contribution in [-0.4, -0.2) is 16.0 Å². The van der Waals surface area contributed by atoms with Crippen molar-refractivity contribution in [3.8, 4) is 11.8 Å². The number of nitriles is 1. The van der Waals surface area contributed by atoms with E-state index in [0.29, 0.717) is 41.0 Å². The first-order valence-electron chi connectivity index (χ1n) is 8.86. The minimum absolute atomic E-state index is 0.329. The SMILES string of the molecule is Cn1cc(Nc2cc(O[C@@H]3CCc4cc(C#N)cc(F)c43)ccc2C=N)cn1. The Hall–Kier alpha value is -3.66. The first-order chi connectivity index (χ1) is 13.6. The van der Waals surface area contributed by atoms with Crippen LogP contribution < -0.4 is 10.1 Å². The van der Waals surface area contributed by atoms with Gasteiger partial charge in [0, 0.05) is 36.7 Å². The number of aryl methyl sites for hydroxylation is 2. The summed E-state index contributed by atoms with van der Waals surface area (Å²) in [5.41, 5.74) is 3.88. The molecule has 0 saturated carbocycles. The minimum atomic E-state index is -0.403. The molecule has 28 heavy (non-hydrogen) atoms. The highest BCUT2D eigenvalue weighted by Crippen LogP contribution is 2.38. The van der Waals surface area contributed by atoms with Gasteiger partial charge in [0.25, 0.3) is 0 Å². The Bertz CT molecular complexity index is 1100. The minimum Gasteiger partial charge on any atom is -0.486 e. The molecule has 0 aliphatic heterocycles. The van der Waals surface area contributed by atoms with Gasteiger partial charge in [0.05, 0.1) is 29.2 Å². The molecule has 140 valence electrons. The maximum absolute atomic E-state index is 14.5. The molecule has 2 aromatic carbocycles. The van der Waals surface area contributed by atoms with E-state index in [9.17, 15) is 4.39 Å². The summed E-state index contributed by atoms with van der Waals surface area (Å²) in [5, 5.41) is 24.0. The molecule has 0 spiro atoms. The Morgan fingerprint density at radius 1 is 1.39 bits per heavy atom. The zero-order valence-corrected chi connectivity index (χ0v) is 15.2. The van der Waals surface area contributed by atoms with Crippen LogP contribution in [0.25, 0.3) is 0 Å². The van der Waals surface area contributed by atoms with E-state index in [1.807, 2.05) is 19.3 Å². The summed E-state index contributed by atoms with van der Waals surface area (Å²) in [5.74, 6) is 0.181. The van der Waals surface area contributed by atoms with Crippen LogP contribution in [-0.2, 0) is 13.5 Å². The van der Waals surface area contributed by atoms with Crippen molar-refractivity contribution in [2.75, 3.05) is 5.32 Å². The van der Waals surface area contributed by atoms with Crippen LogP contribution in [0.1, 0.15) is 34.8 Å². The second-order valence-electron chi connectivity index (χ2n) is 6.71. The number of nitrogens with one attached hydrogen (secondary N) is 2. The van der Waals surface area contributed by atoms with Crippen molar-refractivity contribution in [3.05, 3.63) is 70.8 Å². The van der Waals surface area contributed by atoms with Gasteiger partial charge in [-0.25, -0.2) is 4.39 Å². The van der Waals surface area contributed by atoms with Crippen LogP contribution >= 0.6 is 0 Å². The van der Waals surface area contributed by atoms with Gasteiger partial charge in [-0.1, -0.05) is 0 Å². The lowest BCUT2D eigenvalue weighted by Crippen LogP contribution is -2.06. The van der Waals surface area contributed by atoms with Gasteiger partial charge in [-0.2, -0.15) is 10.4 Å². The molecule has 2 N–H and O–H groups in total. The van der Waals surface area contributed by atoms with Crippen molar-refractivity contribution in [3.63, 3.8) is 0 Å². The first kappa shape index (κ1) is 17.7. The molecule has 1 aliphatic rings. The quantitative estimate of drug-likeness (QED) is 0.653. The van der Waals surface area contributed by atoms with E-state index in [2.05, 4.69) is 10.4 Å². The van der Waals surface area contributed by atoms with Crippen molar-refractivity contribution in [1.82, 2.24) is 9.78 Å². The predicted octanol–water partition coefficient (Wildman–Crippen LogP) is 4.24. The molecule has 1 aromatic heterocycles. The number of anilines is 2. The van der Waals surface area contributed by atoms with Crippen molar-refractivity contribution >= 4 is 17.6 Å². The Morgan fingerprint density at radius 2 is 2.25 bits per heavy atom. The van der Waals surface area contributed by atoms with Crippen LogP contribution in [0.5, 0.6) is 5.75 Å². The van der Waals surface area contributed by atoms with Gasteiger partial charge in [0.1, 0.15) is 17.7 Å². The Kier molecular flexibility index (Phi) is 4.53. The number of aromatic nitrogens is 2. The monoisotopic (exact) mass is 375 g/mol. The van der Waals surface area contributed by atoms with E-state index in [1.165, 1.54) is 12.3 Å². The fourth-order valence-corrected chi connectivity index (χ4v) is 3.50. The van der Waals surface area contributed by atoms with E-state index < -0.39 is 11.9 Å². The lowest BCUT2D eigenvalue weighted by molar-refractivity contribution is 0.203. The molecular formula is C21H18FN5O. The molecular weight excluding hydrogens is 357 g/mol. The summed E-state index contributed by atoms with van der Waals surface area (Å²) >= 11 is 0. The average Bonchev–Trinajstić information content (AvgIpc) is 3.28. The zero-order chi connectivity index (χ0) is 19.7. The fourth-order valence-electron chi connectivity index (χ4n) is 3.50. The molecule has 1 heterocycles. The molecule has 0 amide bonds. The van der Waals surface area contributed by atoms with Gasteiger partial charge in [-0.05, 0) is 42.7 Å². The van der Waals surface area contributed by atoms with Crippen LogP contribution in [0.15, 0.2) is 42.7 Å². The highest BCUT2D eigenvalue weighted by molar-refractivity contribution is 5.87. The van der Waals surface area contributed by atoms with Crippen LogP contribution in [0.2, 0.25) is 0 Å². The standard InChI is InChI=1S/C21H18FN5O/c1-27-12-16(11-25-27)26-19-8-17(4-2-15(19)10-24)28-20-5-3-14-6-13(9-23)7-18(22)21(14)20/h2,4,6-8,10-12,20,24,26H,3,5H2,1H3/t20-/m1/s1. The third-order valence-corrected chi connectivity index (χ3v) is 4.78. The lowest BCUT2D eigenvalue weighted by Gasteiger charge is -2.17. The van der Waals surface area contributed by atoms with E-state index in [4.69, 9.17) is 15.4 Å². The van der Waals surface area contributed by atoms with Gasteiger partial charge in [0.2, 0.25) is 0 Å². The average molecular weight is 375 g/mol. The number of fused-ring (bicyclic) bond motifs is 1. The molecule has 4 rings (SSSR count). The summed E-state index contributed by atoms with van der Waals surface area (Å²) in [7, 11) is 1.83. The number of hydrogen-bond donors (Lipinski definition) is 2. The van der Waals surface area contributed by atoms with E-state index in [1.54, 1.807) is 35.1 Å². The summed E-state index contributed by atoms with van der Waals surface area (Å²) in [4.78, 5) is 0. The molecule has 0 unspecified atom stereocenters. The number of halogens is 1. The highest BCUT2D eigenvalue weighted by atomic mass is 19.1. The molecule has 0 fully saturated rings. The maximum Gasteiger partial charge on any atom is 0.131 e. The van der Waals surface area contributed by atoms with Gasteiger partial charge < -0.3 is 15.5 Å². The summed E-state index contributed by atoms with van der Waals surface area (Å²) in [6, 6.07) is 10.3. The topological polar surface area (TPSA) is 86.7 Å². The maximum atomic E-state index is 14.5. The highest BCUT2D eigenvalue weighted by Gasteiger charge is 2.28. The predicted molar refractivity (Wildman–Crippen MR) is 104 cm³/mol. The van der Waals surface area contributed by atoms with Crippen LogP contribution in [0, 0.1) is 22.6 Å². The summed E-state index contributed by atoms with van der Waals surface area (Å²) in [6.45, 7) is 0. The molecule has 7 heteroatoms. The van der Waals surface area contributed by atoms with Crippen molar-refractivity contribution in [2.24, 2.45) is 7.05 Å². The number of benzene rings is 2. The van der Waals surface area contributed by atoms with Crippen molar-refractivity contribution in [2.45, 2.75) is 18.9 Å². The lowest BCUT2D eigenvalue weighted by atomic mass is 10.1.